The Kier molecular flexibility index (Phi) is 4.65. The molecular formula is C21H24N2O2S. The summed E-state index contributed by atoms with van der Waals surface area (Å²) in [5.41, 5.74) is -0.317. The third kappa shape index (κ3) is 2.88. The molecule has 3 aromatic rings. The van der Waals surface area contributed by atoms with Gasteiger partial charge in [-0.25, -0.2) is 4.98 Å². The second kappa shape index (κ2) is 6.95. The van der Waals surface area contributed by atoms with Crippen LogP contribution in [0, 0.1) is 0 Å². The van der Waals surface area contributed by atoms with Crippen molar-refractivity contribution in [2.75, 3.05) is 0 Å². The third-order valence-electron chi connectivity index (χ3n) is 5.38. The van der Waals surface area contributed by atoms with E-state index in [0.29, 0.717) is 10.2 Å². The first-order valence-corrected chi connectivity index (χ1v) is 10.4. The van der Waals surface area contributed by atoms with E-state index in [1.165, 1.54) is 24.2 Å². The number of hydrogen-bond donors (Lipinski definition) is 0. The Morgan fingerprint density at radius 2 is 1.77 bits per heavy atom. The summed E-state index contributed by atoms with van der Waals surface area (Å²) in [6.45, 7) is 4.15. The van der Waals surface area contributed by atoms with Gasteiger partial charge in [0.2, 0.25) is 5.43 Å². The van der Waals surface area contributed by atoms with E-state index in [1.54, 1.807) is 6.07 Å². The number of nitrogens with zero attached hydrogens (tertiary/aromatic N) is 2. The fourth-order valence-corrected chi connectivity index (χ4v) is 5.10. The van der Waals surface area contributed by atoms with Gasteiger partial charge in [0.15, 0.2) is 0 Å². The van der Waals surface area contributed by atoms with E-state index < -0.39 is 0 Å². The molecule has 4 nitrogen and oxygen atoms in total. The minimum absolute atomic E-state index is 0.141. The van der Waals surface area contributed by atoms with Gasteiger partial charge in [-0.2, -0.15) is 0 Å². The summed E-state index contributed by atoms with van der Waals surface area (Å²) in [5.74, 6) is 0.962. The second-order valence-electron chi connectivity index (χ2n) is 7.55. The van der Waals surface area contributed by atoms with Crippen LogP contribution in [-0.2, 0) is 0 Å². The maximum absolute atomic E-state index is 13.5. The van der Waals surface area contributed by atoms with Gasteiger partial charge in [0, 0.05) is 22.0 Å². The van der Waals surface area contributed by atoms with Crippen molar-refractivity contribution in [3.63, 3.8) is 0 Å². The SMILES string of the molecule is CC(C)c1nc2sc3ccccc3c(=O)c2c(=O)n1C1CCCCCC1. The first kappa shape index (κ1) is 17.4. The van der Waals surface area contributed by atoms with Crippen LogP contribution in [0.4, 0.5) is 0 Å². The van der Waals surface area contributed by atoms with Gasteiger partial charge in [-0.15, -0.1) is 11.3 Å². The zero-order chi connectivity index (χ0) is 18.3. The zero-order valence-electron chi connectivity index (χ0n) is 15.3. The van der Waals surface area contributed by atoms with Crippen molar-refractivity contribution in [3.8, 4) is 0 Å². The maximum atomic E-state index is 13.5. The lowest BCUT2D eigenvalue weighted by atomic mass is 10.1. The van der Waals surface area contributed by atoms with E-state index in [4.69, 9.17) is 4.98 Å². The highest BCUT2D eigenvalue weighted by molar-refractivity contribution is 7.24. The highest BCUT2D eigenvalue weighted by Gasteiger charge is 2.24. The summed E-state index contributed by atoms with van der Waals surface area (Å²) < 4.78 is 2.75. The van der Waals surface area contributed by atoms with Crippen molar-refractivity contribution < 1.29 is 0 Å². The fraction of sp³-hybridized carbons (Fsp3) is 0.476. The van der Waals surface area contributed by atoms with Crippen LogP contribution in [0.5, 0.6) is 0 Å². The highest BCUT2D eigenvalue weighted by Crippen LogP contribution is 2.30. The van der Waals surface area contributed by atoms with Gasteiger partial charge in [-0.3, -0.25) is 14.2 Å². The molecule has 1 saturated carbocycles. The minimum atomic E-state index is -0.176. The van der Waals surface area contributed by atoms with Crippen LogP contribution in [0.2, 0.25) is 0 Å². The minimum Gasteiger partial charge on any atom is -0.293 e. The molecule has 1 aliphatic rings. The maximum Gasteiger partial charge on any atom is 0.266 e. The van der Waals surface area contributed by atoms with Crippen LogP contribution in [0.1, 0.15) is 70.2 Å². The average Bonchev–Trinajstić information content (AvgIpc) is 2.90. The van der Waals surface area contributed by atoms with Crippen LogP contribution < -0.4 is 11.0 Å². The number of benzene rings is 1. The fourth-order valence-electron chi connectivity index (χ4n) is 4.06. The van der Waals surface area contributed by atoms with Gasteiger partial charge in [-0.05, 0) is 25.0 Å². The molecule has 4 rings (SSSR count). The lowest BCUT2D eigenvalue weighted by Gasteiger charge is -2.23. The van der Waals surface area contributed by atoms with Gasteiger partial charge in [0.05, 0.1) is 0 Å². The number of aromatic nitrogens is 2. The van der Waals surface area contributed by atoms with Gasteiger partial charge in [0.25, 0.3) is 5.56 Å². The third-order valence-corrected chi connectivity index (χ3v) is 6.45. The molecule has 0 N–H and O–H groups in total. The van der Waals surface area contributed by atoms with Gasteiger partial charge in [-0.1, -0.05) is 51.7 Å². The predicted octanol–water partition coefficient (Wildman–Crippen LogP) is 4.99. The van der Waals surface area contributed by atoms with Crippen molar-refractivity contribution in [3.05, 3.63) is 50.7 Å². The smallest absolute Gasteiger partial charge is 0.266 e. The molecule has 0 radical (unpaired) electrons. The highest BCUT2D eigenvalue weighted by atomic mass is 32.1. The molecule has 1 aromatic carbocycles. The molecule has 0 saturated heterocycles. The van der Waals surface area contributed by atoms with Crippen molar-refractivity contribution in [2.45, 2.75) is 64.3 Å². The molecule has 0 amide bonds. The number of fused-ring (bicyclic) bond motifs is 2. The van der Waals surface area contributed by atoms with Crippen LogP contribution >= 0.6 is 11.3 Å². The molecule has 0 aliphatic heterocycles. The standard InChI is InChI=1S/C21H24N2O2S/c1-13(2)19-22-20-17(18(24)15-11-7-8-12-16(15)26-20)21(25)23(19)14-9-5-3-4-6-10-14/h7-8,11-14H,3-6,9-10H2,1-2H3. The largest absolute Gasteiger partial charge is 0.293 e. The molecule has 0 spiro atoms. The van der Waals surface area contributed by atoms with Crippen LogP contribution in [-0.4, -0.2) is 9.55 Å². The summed E-state index contributed by atoms with van der Waals surface area (Å²) in [6.07, 6.45) is 6.72. The molecule has 1 fully saturated rings. The molecule has 2 aromatic heterocycles. The van der Waals surface area contributed by atoms with E-state index in [0.717, 1.165) is 36.2 Å². The molecule has 2 heterocycles. The lowest BCUT2D eigenvalue weighted by Crippen LogP contribution is -2.32. The van der Waals surface area contributed by atoms with E-state index in [1.807, 2.05) is 22.8 Å². The van der Waals surface area contributed by atoms with Crippen molar-refractivity contribution in [2.24, 2.45) is 0 Å². The second-order valence-corrected chi connectivity index (χ2v) is 8.58. The Morgan fingerprint density at radius 3 is 2.46 bits per heavy atom. The average molecular weight is 369 g/mol. The number of hydrogen-bond acceptors (Lipinski definition) is 4. The summed E-state index contributed by atoms with van der Waals surface area (Å²) >= 11 is 1.45. The Labute approximate surface area is 156 Å². The van der Waals surface area contributed by atoms with E-state index >= 15 is 0 Å². The molecule has 0 unspecified atom stereocenters. The number of rotatable bonds is 2. The van der Waals surface area contributed by atoms with Crippen molar-refractivity contribution in [1.29, 1.82) is 0 Å². The van der Waals surface area contributed by atoms with Crippen LogP contribution in [0.25, 0.3) is 20.3 Å². The topological polar surface area (TPSA) is 52.0 Å². The Balaban J connectivity index is 2.07. The quantitative estimate of drug-likeness (QED) is 0.473. The molecular weight excluding hydrogens is 344 g/mol. The summed E-state index contributed by atoms with van der Waals surface area (Å²) in [6, 6.07) is 7.66. The van der Waals surface area contributed by atoms with Crippen molar-refractivity contribution >= 4 is 31.6 Å². The van der Waals surface area contributed by atoms with E-state index in [2.05, 4.69) is 13.8 Å². The van der Waals surface area contributed by atoms with Gasteiger partial charge >= 0.3 is 0 Å². The Hall–Kier alpha value is -2.01. The monoisotopic (exact) mass is 368 g/mol. The first-order chi connectivity index (χ1) is 12.6. The van der Waals surface area contributed by atoms with E-state index in [9.17, 15) is 9.59 Å². The lowest BCUT2D eigenvalue weighted by molar-refractivity contribution is 0.408. The van der Waals surface area contributed by atoms with Crippen LogP contribution in [0.15, 0.2) is 33.9 Å². The van der Waals surface area contributed by atoms with Gasteiger partial charge < -0.3 is 0 Å². The first-order valence-electron chi connectivity index (χ1n) is 9.56. The predicted molar refractivity (Wildman–Crippen MR) is 108 cm³/mol. The molecule has 0 bridgehead atoms. The van der Waals surface area contributed by atoms with E-state index in [-0.39, 0.29) is 28.3 Å². The van der Waals surface area contributed by atoms with Crippen molar-refractivity contribution in [1.82, 2.24) is 9.55 Å². The van der Waals surface area contributed by atoms with Gasteiger partial charge in [0.1, 0.15) is 16.0 Å². The molecule has 1 aliphatic carbocycles. The molecule has 26 heavy (non-hydrogen) atoms. The Bertz CT molecular complexity index is 1070. The summed E-state index contributed by atoms with van der Waals surface area (Å²) in [5, 5.41) is 0.885. The molecule has 136 valence electrons. The molecule has 0 atom stereocenters. The zero-order valence-corrected chi connectivity index (χ0v) is 16.1. The molecule has 5 heteroatoms. The summed E-state index contributed by atoms with van der Waals surface area (Å²) in [7, 11) is 0. The summed E-state index contributed by atoms with van der Waals surface area (Å²) in [4.78, 5) is 31.9. The van der Waals surface area contributed by atoms with Crippen LogP contribution in [0.3, 0.4) is 0 Å². The Morgan fingerprint density at radius 1 is 1.08 bits per heavy atom. The normalized spacial score (nSPS) is 16.4.